The molecule has 1 heterocycles. The summed E-state index contributed by atoms with van der Waals surface area (Å²) in [5, 5.41) is 5.36. The minimum absolute atomic E-state index is 0.0695. The van der Waals surface area contributed by atoms with Crippen LogP contribution in [0.1, 0.15) is 29.2 Å². The zero-order chi connectivity index (χ0) is 25.7. The summed E-state index contributed by atoms with van der Waals surface area (Å²) in [6, 6.07) is 20.2. The van der Waals surface area contributed by atoms with Gasteiger partial charge in [0, 0.05) is 15.7 Å². The zero-order valence-corrected chi connectivity index (χ0v) is 21.6. The molecule has 36 heavy (non-hydrogen) atoms. The number of carbonyl (C=O) groups is 3. The lowest BCUT2D eigenvalue weighted by Crippen LogP contribution is -2.38. The van der Waals surface area contributed by atoms with Gasteiger partial charge in [0.05, 0.1) is 0 Å². The summed E-state index contributed by atoms with van der Waals surface area (Å²) < 4.78 is 6.79. The number of halogens is 1. The van der Waals surface area contributed by atoms with Crippen LogP contribution in [0, 0.1) is 6.92 Å². The summed E-state index contributed by atoms with van der Waals surface area (Å²) >= 11 is 3.44. The molecule has 3 aromatic rings. The van der Waals surface area contributed by atoms with Gasteiger partial charge in [-0.05, 0) is 54.8 Å². The smallest absolute Gasteiger partial charge is 0.329 e. The molecular weight excluding hydrogens is 522 g/mol. The van der Waals surface area contributed by atoms with E-state index in [0.29, 0.717) is 23.6 Å². The topological polar surface area (TPSA) is 87.7 Å². The Morgan fingerprint density at radius 3 is 2.58 bits per heavy atom. The molecule has 8 heteroatoms. The molecule has 0 spiro atoms. The second kappa shape index (κ2) is 11.2. The van der Waals surface area contributed by atoms with E-state index in [1.807, 2.05) is 62.4 Å². The summed E-state index contributed by atoms with van der Waals surface area (Å²) in [6.07, 6.45) is 2.30. The van der Waals surface area contributed by atoms with E-state index in [4.69, 9.17) is 4.74 Å². The zero-order valence-electron chi connectivity index (χ0n) is 20.0. The highest BCUT2D eigenvalue weighted by Crippen LogP contribution is 2.27. The highest BCUT2D eigenvalue weighted by Gasteiger charge is 2.35. The molecule has 0 bridgehead atoms. The quantitative estimate of drug-likeness (QED) is 0.290. The van der Waals surface area contributed by atoms with Crippen LogP contribution in [-0.4, -0.2) is 29.3 Å². The Bertz CT molecular complexity index is 1330. The number of anilines is 1. The van der Waals surface area contributed by atoms with Crippen LogP contribution in [0.3, 0.4) is 0 Å². The van der Waals surface area contributed by atoms with Crippen molar-refractivity contribution in [3.05, 3.63) is 99.2 Å². The van der Waals surface area contributed by atoms with Gasteiger partial charge in [0.2, 0.25) is 5.91 Å². The Kier molecular flexibility index (Phi) is 7.85. The fraction of sp³-hybridized carbons (Fsp3) is 0.179. The van der Waals surface area contributed by atoms with Gasteiger partial charge >= 0.3 is 6.03 Å². The molecule has 0 radical (unpaired) electrons. The van der Waals surface area contributed by atoms with Gasteiger partial charge < -0.3 is 15.4 Å². The average Bonchev–Trinajstić information content (AvgIpc) is 3.12. The Hall–Kier alpha value is -3.91. The van der Waals surface area contributed by atoms with Crippen molar-refractivity contribution in [2.24, 2.45) is 0 Å². The molecule has 0 aromatic heterocycles. The van der Waals surface area contributed by atoms with Crippen molar-refractivity contribution in [2.75, 3.05) is 11.9 Å². The molecule has 0 unspecified atom stereocenters. The standard InChI is InChI=1S/C28H26BrN3O4/c1-3-20-6-4-5-7-23(20)30-26(33)16-32-27(34)24(31-28(32)35)15-21-14-22(29)12-13-25(21)36-17-19-10-8-18(2)9-11-19/h4-15H,3,16-17H2,1-2H3,(H,30,33)(H,31,35)/b24-15+. The number of hydrogen-bond acceptors (Lipinski definition) is 4. The van der Waals surface area contributed by atoms with Crippen molar-refractivity contribution in [1.29, 1.82) is 0 Å². The van der Waals surface area contributed by atoms with E-state index in [2.05, 4.69) is 26.6 Å². The molecule has 3 aromatic carbocycles. The van der Waals surface area contributed by atoms with Crippen LogP contribution < -0.4 is 15.4 Å². The number of rotatable bonds is 8. The normalized spacial score (nSPS) is 14.2. The summed E-state index contributed by atoms with van der Waals surface area (Å²) in [5.74, 6) is -0.477. The lowest BCUT2D eigenvalue weighted by atomic mass is 10.1. The second-order valence-corrected chi connectivity index (χ2v) is 9.31. The summed E-state index contributed by atoms with van der Waals surface area (Å²) in [6.45, 7) is 3.97. The van der Waals surface area contributed by atoms with Crippen LogP contribution in [0.25, 0.3) is 6.08 Å². The number of benzene rings is 3. The predicted molar refractivity (Wildman–Crippen MR) is 142 cm³/mol. The minimum Gasteiger partial charge on any atom is -0.488 e. The van der Waals surface area contributed by atoms with Crippen molar-refractivity contribution in [2.45, 2.75) is 26.9 Å². The van der Waals surface area contributed by atoms with Crippen LogP contribution in [0.2, 0.25) is 0 Å². The van der Waals surface area contributed by atoms with Gasteiger partial charge in [-0.25, -0.2) is 9.69 Å². The van der Waals surface area contributed by atoms with Crippen LogP contribution >= 0.6 is 15.9 Å². The summed E-state index contributed by atoms with van der Waals surface area (Å²) in [5.41, 5.74) is 4.49. The molecular formula is C28H26BrN3O4. The van der Waals surface area contributed by atoms with E-state index in [9.17, 15) is 14.4 Å². The number of amides is 4. The molecule has 1 fully saturated rings. The highest BCUT2D eigenvalue weighted by molar-refractivity contribution is 9.10. The maximum absolute atomic E-state index is 13.0. The van der Waals surface area contributed by atoms with Crippen LogP contribution in [0.15, 0.2) is 76.9 Å². The monoisotopic (exact) mass is 547 g/mol. The van der Waals surface area contributed by atoms with Crippen molar-refractivity contribution in [3.8, 4) is 5.75 Å². The number of nitrogens with one attached hydrogen (secondary N) is 2. The largest absolute Gasteiger partial charge is 0.488 e. The van der Waals surface area contributed by atoms with E-state index >= 15 is 0 Å². The Morgan fingerprint density at radius 2 is 1.83 bits per heavy atom. The maximum atomic E-state index is 13.0. The first-order valence-corrected chi connectivity index (χ1v) is 12.3. The third-order valence-corrected chi connectivity index (χ3v) is 6.22. The molecule has 7 nitrogen and oxygen atoms in total. The predicted octanol–water partition coefficient (Wildman–Crippen LogP) is 5.43. The van der Waals surface area contributed by atoms with Crippen molar-refractivity contribution >= 4 is 45.5 Å². The van der Waals surface area contributed by atoms with Gasteiger partial charge in [0.1, 0.15) is 24.6 Å². The molecule has 1 saturated heterocycles. The Morgan fingerprint density at radius 1 is 1.08 bits per heavy atom. The minimum atomic E-state index is -0.651. The van der Waals surface area contributed by atoms with Crippen LogP contribution in [-0.2, 0) is 22.6 Å². The van der Waals surface area contributed by atoms with E-state index in [1.165, 1.54) is 0 Å². The number of imide groups is 1. The summed E-state index contributed by atoms with van der Waals surface area (Å²) in [7, 11) is 0. The molecule has 2 N–H and O–H groups in total. The third kappa shape index (κ3) is 6.01. The fourth-order valence-electron chi connectivity index (χ4n) is 3.76. The van der Waals surface area contributed by atoms with Crippen molar-refractivity contribution < 1.29 is 19.1 Å². The van der Waals surface area contributed by atoms with E-state index in [-0.39, 0.29) is 5.70 Å². The second-order valence-electron chi connectivity index (χ2n) is 8.39. The SMILES string of the molecule is CCc1ccccc1NC(=O)CN1C(=O)N/C(=C/c2cc(Br)ccc2OCc2ccc(C)cc2)C1=O. The number of nitrogens with zero attached hydrogens (tertiary/aromatic N) is 1. The number of ether oxygens (including phenoxy) is 1. The molecule has 0 saturated carbocycles. The van der Waals surface area contributed by atoms with Crippen molar-refractivity contribution in [3.63, 3.8) is 0 Å². The van der Waals surface area contributed by atoms with Gasteiger partial charge in [-0.1, -0.05) is 70.9 Å². The number of para-hydroxylation sites is 1. The van der Waals surface area contributed by atoms with E-state index in [0.717, 1.165) is 32.5 Å². The van der Waals surface area contributed by atoms with Gasteiger partial charge in [-0.3, -0.25) is 9.59 Å². The lowest BCUT2D eigenvalue weighted by Gasteiger charge is -2.14. The average molecular weight is 548 g/mol. The molecule has 1 aliphatic heterocycles. The summed E-state index contributed by atoms with van der Waals surface area (Å²) in [4.78, 5) is 39.0. The number of carbonyl (C=O) groups excluding carboxylic acids is 3. The molecule has 4 rings (SSSR count). The van der Waals surface area contributed by atoms with Crippen molar-refractivity contribution in [1.82, 2.24) is 10.2 Å². The molecule has 0 aliphatic carbocycles. The van der Waals surface area contributed by atoms with Gasteiger partial charge in [0.25, 0.3) is 5.91 Å². The highest BCUT2D eigenvalue weighted by atomic mass is 79.9. The fourth-order valence-corrected chi connectivity index (χ4v) is 4.14. The Labute approximate surface area is 218 Å². The number of aryl methyl sites for hydroxylation is 2. The van der Waals surface area contributed by atoms with Crippen LogP contribution in [0.5, 0.6) is 5.75 Å². The Balaban J connectivity index is 1.48. The third-order valence-electron chi connectivity index (χ3n) is 5.72. The first-order chi connectivity index (χ1) is 17.3. The van der Waals surface area contributed by atoms with E-state index in [1.54, 1.807) is 24.3 Å². The first-order valence-electron chi connectivity index (χ1n) is 11.5. The lowest BCUT2D eigenvalue weighted by molar-refractivity contribution is -0.127. The number of urea groups is 1. The van der Waals surface area contributed by atoms with Crippen LogP contribution in [0.4, 0.5) is 10.5 Å². The molecule has 4 amide bonds. The maximum Gasteiger partial charge on any atom is 0.329 e. The number of hydrogen-bond donors (Lipinski definition) is 2. The van der Waals surface area contributed by atoms with Gasteiger partial charge in [-0.2, -0.15) is 0 Å². The molecule has 184 valence electrons. The first kappa shape index (κ1) is 25.2. The molecule has 1 aliphatic rings. The van der Waals surface area contributed by atoms with Gasteiger partial charge in [-0.15, -0.1) is 0 Å². The van der Waals surface area contributed by atoms with Gasteiger partial charge in [0.15, 0.2) is 0 Å². The van der Waals surface area contributed by atoms with E-state index < -0.39 is 24.4 Å². The molecule has 0 atom stereocenters.